The molecule has 7 atom stereocenters. The number of hydrogen-bond donors (Lipinski definition) is 2. The molecule has 4 heterocycles. The van der Waals surface area contributed by atoms with Crippen LogP contribution in [-0.4, -0.2) is 69.5 Å². The number of aliphatic hydroxyl groups excluding tert-OH is 1. The number of esters is 1. The van der Waals surface area contributed by atoms with Crippen molar-refractivity contribution in [3.05, 3.63) is 48.1 Å². The fraction of sp³-hybridized carbons (Fsp3) is 0.694. The van der Waals surface area contributed by atoms with Gasteiger partial charge in [-0.05, 0) is 94.5 Å². The highest BCUT2D eigenvalue weighted by Crippen LogP contribution is 2.38. The Bertz CT molecular complexity index is 1150. The molecule has 5 aliphatic rings. The first-order valence-corrected chi connectivity index (χ1v) is 16.7. The van der Waals surface area contributed by atoms with E-state index in [4.69, 9.17) is 9.47 Å². The van der Waals surface area contributed by atoms with Crippen LogP contribution in [0.3, 0.4) is 0 Å². The third-order valence-electron chi connectivity index (χ3n) is 10.4. The lowest BCUT2D eigenvalue weighted by Crippen LogP contribution is -2.60. The first kappa shape index (κ1) is 34.3. The van der Waals surface area contributed by atoms with E-state index in [0.717, 1.165) is 44.1 Å². The number of ether oxygens (including phenoxy) is 2. The molecule has 0 aromatic heterocycles. The molecule has 0 unspecified atom stereocenters. The Morgan fingerprint density at radius 2 is 1.61 bits per heavy atom. The third kappa shape index (κ3) is 8.18. The molecule has 3 fully saturated rings. The molecule has 5 rings (SSSR count). The summed E-state index contributed by atoms with van der Waals surface area (Å²) in [4.78, 5) is 41.9. The smallest absolute Gasteiger partial charge is 0.329 e. The number of piperidine rings is 1. The maximum absolute atomic E-state index is 13.6. The first-order valence-electron chi connectivity index (χ1n) is 16.7. The molecule has 0 spiro atoms. The topological polar surface area (TPSA) is 113 Å². The highest BCUT2D eigenvalue weighted by molar-refractivity contribution is 6.39. The summed E-state index contributed by atoms with van der Waals surface area (Å²) < 4.78 is 11.9. The number of carbonyl (C=O) groups excluding carboxylic acids is 3. The molecule has 1 saturated carbocycles. The van der Waals surface area contributed by atoms with Crippen molar-refractivity contribution in [3.8, 4) is 0 Å². The Morgan fingerprint density at radius 3 is 2.34 bits per heavy atom. The van der Waals surface area contributed by atoms with Gasteiger partial charge in [0.1, 0.15) is 12.1 Å². The molecule has 0 aromatic rings. The number of ketones is 1. The van der Waals surface area contributed by atoms with Gasteiger partial charge in [-0.3, -0.25) is 9.59 Å². The predicted octanol–water partition coefficient (Wildman–Crippen LogP) is 5.58. The van der Waals surface area contributed by atoms with E-state index in [1.54, 1.807) is 6.92 Å². The van der Waals surface area contributed by atoms with Crippen LogP contribution >= 0.6 is 0 Å². The molecule has 8 nitrogen and oxygen atoms in total. The number of aliphatic hydroxyl groups is 2. The van der Waals surface area contributed by atoms with Crippen LogP contribution < -0.4 is 0 Å². The molecule has 4 aliphatic heterocycles. The molecule has 4 bridgehead atoms. The minimum absolute atomic E-state index is 0.183. The second kappa shape index (κ2) is 15.2. The predicted molar refractivity (Wildman–Crippen MR) is 169 cm³/mol. The van der Waals surface area contributed by atoms with Crippen molar-refractivity contribution in [2.45, 2.75) is 128 Å². The van der Waals surface area contributed by atoms with E-state index in [1.165, 1.54) is 10.5 Å². The summed E-state index contributed by atoms with van der Waals surface area (Å²) in [5, 5.41) is 22.4. The lowest BCUT2D eigenvalue weighted by Gasteiger charge is -2.42. The molecule has 44 heavy (non-hydrogen) atoms. The lowest BCUT2D eigenvalue weighted by atomic mass is 9.77. The van der Waals surface area contributed by atoms with Gasteiger partial charge in [0.05, 0.1) is 12.2 Å². The fourth-order valence-corrected chi connectivity index (χ4v) is 7.26. The van der Waals surface area contributed by atoms with Crippen molar-refractivity contribution < 1.29 is 34.1 Å². The van der Waals surface area contributed by atoms with E-state index in [0.29, 0.717) is 43.4 Å². The molecule has 0 aromatic carbocycles. The summed E-state index contributed by atoms with van der Waals surface area (Å²) in [6, 6.07) is -0.863. The van der Waals surface area contributed by atoms with Crippen molar-refractivity contribution >= 4 is 17.7 Å². The van der Waals surface area contributed by atoms with Gasteiger partial charge in [0.2, 0.25) is 5.79 Å². The van der Waals surface area contributed by atoms with Gasteiger partial charge in [0, 0.05) is 18.9 Å². The second-order valence-corrected chi connectivity index (χ2v) is 13.8. The van der Waals surface area contributed by atoms with Gasteiger partial charge in [0.25, 0.3) is 11.7 Å². The van der Waals surface area contributed by atoms with Crippen molar-refractivity contribution in [1.29, 1.82) is 0 Å². The number of fused-ring (bicyclic) bond motifs is 12. The van der Waals surface area contributed by atoms with Gasteiger partial charge in [-0.1, -0.05) is 63.3 Å². The monoisotopic (exact) mass is 611 g/mol. The van der Waals surface area contributed by atoms with E-state index < -0.39 is 47.6 Å². The Morgan fingerprint density at radius 1 is 0.909 bits per heavy atom. The van der Waals surface area contributed by atoms with Crippen LogP contribution in [0.2, 0.25) is 0 Å². The second-order valence-electron chi connectivity index (χ2n) is 13.8. The quantitative estimate of drug-likeness (QED) is 0.209. The van der Waals surface area contributed by atoms with Crippen LogP contribution in [-0.2, 0) is 23.9 Å². The maximum atomic E-state index is 13.6. The van der Waals surface area contributed by atoms with Crippen LogP contribution in [0.25, 0.3) is 0 Å². The number of amides is 1. The average Bonchev–Trinajstić information content (AvgIpc) is 3.01. The molecule has 1 amide bonds. The molecule has 2 saturated heterocycles. The molecular weight excluding hydrogens is 558 g/mol. The first-order chi connectivity index (χ1) is 20.9. The van der Waals surface area contributed by atoms with E-state index in [-0.39, 0.29) is 19.1 Å². The fourth-order valence-electron chi connectivity index (χ4n) is 7.26. The maximum Gasteiger partial charge on any atom is 0.329 e. The molecule has 2 N–H and O–H groups in total. The van der Waals surface area contributed by atoms with E-state index in [2.05, 4.69) is 26.5 Å². The van der Waals surface area contributed by atoms with Gasteiger partial charge in [-0.2, -0.15) is 0 Å². The molecule has 0 radical (unpaired) electrons. The minimum atomic E-state index is -2.32. The van der Waals surface area contributed by atoms with Gasteiger partial charge >= 0.3 is 5.97 Å². The zero-order chi connectivity index (χ0) is 32.0. The minimum Gasteiger partial charge on any atom is -0.461 e. The zero-order valence-electron chi connectivity index (χ0n) is 27.1. The summed E-state index contributed by atoms with van der Waals surface area (Å²) in [5.41, 5.74) is 1.99. The standard InChI is InChI=1S/C36H53NO7/c1-23-11-7-6-8-12-24(2)32(38)22-30-17-14-26(4)36(42,44-30)33(39)34(40)37-20-10-9-13-31(37)35(41)43-29-18-15-28(16-19-29)27(5)25(3)21-23/h6-8,11-12,23,25-26,28-32,38,42H,5,9-10,13-22H2,1-4H3/b8-6+,11-7+,24-12+/t23-,25-,26-,28?,29?,30+,31+,32+,36-/m1/s1. The van der Waals surface area contributed by atoms with Crippen LogP contribution in [0, 0.1) is 23.7 Å². The third-order valence-corrected chi connectivity index (χ3v) is 10.4. The summed E-state index contributed by atoms with van der Waals surface area (Å²) in [5.74, 6) is -4.26. The van der Waals surface area contributed by atoms with Gasteiger partial charge in [-0.15, -0.1) is 0 Å². The Kier molecular flexibility index (Phi) is 11.8. The van der Waals surface area contributed by atoms with E-state index in [1.807, 2.05) is 31.2 Å². The van der Waals surface area contributed by atoms with Crippen molar-refractivity contribution in [1.82, 2.24) is 4.90 Å². The summed E-state index contributed by atoms with van der Waals surface area (Å²) >= 11 is 0. The van der Waals surface area contributed by atoms with E-state index >= 15 is 0 Å². The molecular formula is C36H53NO7. The molecule has 1 aliphatic carbocycles. The highest BCUT2D eigenvalue weighted by Gasteiger charge is 2.53. The average molecular weight is 612 g/mol. The summed E-state index contributed by atoms with van der Waals surface area (Å²) in [7, 11) is 0. The number of carbonyl (C=O) groups is 3. The Hall–Kier alpha value is -2.55. The molecule has 8 heteroatoms. The Labute approximate surface area is 263 Å². The van der Waals surface area contributed by atoms with Crippen LogP contribution in [0.1, 0.15) is 98.3 Å². The van der Waals surface area contributed by atoms with Crippen LogP contribution in [0.15, 0.2) is 48.1 Å². The normalized spacial score (nSPS) is 41.4. The number of hydrogen-bond acceptors (Lipinski definition) is 7. The number of allylic oxidation sites excluding steroid dienone is 6. The number of rotatable bonds is 0. The van der Waals surface area contributed by atoms with Gasteiger partial charge < -0.3 is 24.6 Å². The van der Waals surface area contributed by atoms with E-state index in [9.17, 15) is 24.6 Å². The van der Waals surface area contributed by atoms with Crippen LogP contribution in [0.5, 0.6) is 0 Å². The number of Topliss-reactive ketones (excluding diaryl/α,β-unsaturated/α-hetero) is 1. The van der Waals surface area contributed by atoms with Crippen LogP contribution in [0.4, 0.5) is 0 Å². The summed E-state index contributed by atoms with van der Waals surface area (Å²) in [6.45, 7) is 12.7. The van der Waals surface area contributed by atoms with Crippen molar-refractivity contribution in [2.75, 3.05) is 6.54 Å². The molecule has 244 valence electrons. The number of nitrogens with zero attached hydrogens (tertiary/aromatic N) is 1. The van der Waals surface area contributed by atoms with Crippen molar-refractivity contribution in [3.63, 3.8) is 0 Å². The highest BCUT2D eigenvalue weighted by atomic mass is 16.6. The largest absolute Gasteiger partial charge is 0.461 e. The van der Waals surface area contributed by atoms with Gasteiger partial charge in [-0.25, -0.2) is 4.79 Å². The lowest BCUT2D eigenvalue weighted by molar-refractivity contribution is -0.265. The Balaban J connectivity index is 1.57. The zero-order valence-corrected chi connectivity index (χ0v) is 27.1. The SMILES string of the molecule is C=C1C2CCC(CC2)OC(=O)[C@@H]2CCCCN2C(=O)C(=O)[C@]2(O)O[C@@H](CC[C@H]2C)C[C@H](O)/C(C)=C/C=C/C=C/[C@@H](C)C[C@H]1C. The van der Waals surface area contributed by atoms with Gasteiger partial charge in [0.15, 0.2) is 0 Å². The van der Waals surface area contributed by atoms with Crippen molar-refractivity contribution in [2.24, 2.45) is 23.7 Å². The summed E-state index contributed by atoms with van der Waals surface area (Å²) in [6.07, 6.45) is 15.5.